The summed E-state index contributed by atoms with van der Waals surface area (Å²) in [6, 6.07) is 8.34. The number of amides is 1. The van der Waals surface area contributed by atoms with Gasteiger partial charge in [-0.3, -0.25) is 4.79 Å². The van der Waals surface area contributed by atoms with E-state index in [2.05, 4.69) is 56.9 Å². The predicted octanol–water partition coefficient (Wildman–Crippen LogP) is 3.99. The van der Waals surface area contributed by atoms with Crippen LogP contribution in [0, 0.1) is 23.7 Å². The van der Waals surface area contributed by atoms with Crippen molar-refractivity contribution in [2.24, 2.45) is 16.7 Å². The number of rotatable bonds is 3. The summed E-state index contributed by atoms with van der Waals surface area (Å²) in [5.41, 5.74) is 3.35. The lowest BCUT2D eigenvalue weighted by Gasteiger charge is -2.37. The number of nitrogens with one attached hydrogen (secondary N) is 1. The summed E-state index contributed by atoms with van der Waals surface area (Å²) < 4.78 is 0. The average molecular weight is 283 g/mol. The molecule has 1 aromatic rings. The molecule has 1 amide bonds. The van der Waals surface area contributed by atoms with Gasteiger partial charge in [0, 0.05) is 6.54 Å². The van der Waals surface area contributed by atoms with Crippen molar-refractivity contribution in [1.82, 2.24) is 5.32 Å². The van der Waals surface area contributed by atoms with Crippen LogP contribution in [0.1, 0.15) is 44.2 Å². The molecule has 2 unspecified atom stereocenters. The zero-order valence-corrected chi connectivity index (χ0v) is 13.3. The topological polar surface area (TPSA) is 29.1 Å². The summed E-state index contributed by atoms with van der Waals surface area (Å²) >= 11 is 0. The summed E-state index contributed by atoms with van der Waals surface area (Å²) in [6.07, 6.45) is 3.11. The summed E-state index contributed by atoms with van der Waals surface area (Å²) in [6.45, 7) is 11.5. The van der Waals surface area contributed by atoms with Crippen molar-refractivity contribution in [3.05, 3.63) is 47.5 Å². The lowest BCUT2D eigenvalue weighted by atomic mass is 9.68. The maximum Gasteiger partial charge on any atom is 0.230 e. The van der Waals surface area contributed by atoms with Gasteiger partial charge in [0.15, 0.2) is 0 Å². The standard InChI is InChI=1S/C19H25NO/c1-13-5-7-15(8-6-13)12-20-17(21)19-10-9-16(11-19)18(3,4)14(19)2/h5-8,16H,2,9-12H2,1,3-4H3,(H,20,21). The molecule has 0 spiro atoms. The van der Waals surface area contributed by atoms with Crippen LogP contribution in [-0.4, -0.2) is 5.91 Å². The SMILES string of the molecule is C=C1C2(C(=O)NCc3ccc(C)cc3)CCC(C2)C1(C)C. The van der Waals surface area contributed by atoms with Crippen molar-refractivity contribution < 1.29 is 4.79 Å². The molecular weight excluding hydrogens is 258 g/mol. The molecule has 2 bridgehead atoms. The molecule has 2 aliphatic carbocycles. The average Bonchev–Trinajstić information content (AvgIpc) is 2.98. The van der Waals surface area contributed by atoms with Crippen LogP contribution < -0.4 is 5.32 Å². The van der Waals surface area contributed by atoms with Gasteiger partial charge >= 0.3 is 0 Å². The van der Waals surface area contributed by atoms with Gasteiger partial charge in [-0.25, -0.2) is 0 Å². The molecule has 0 radical (unpaired) electrons. The van der Waals surface area contributed by atoms with Gasteiger partial charge in [-0.15, -0.1) is 0 Å². The molecule has 112 valence electrons. The van der Waals surface area contributed by atoms with Crippen molar-refractivity contribution in [2.45, 2.75) is 46.6 Å². The van der Waals surface area contributed by atoms with E-state index in [1.165, 1.54) is 5.56 Å². The van der Waals surface area contributed by atoms with Gasteiger partial charge in [-0.2, -0.15) is 0 Å². The monoisotopic (exact) mass is 283 g/mol. The number of carbonyl (C=O) groups is 1. The van der Waals surface area contributed by atoms with Crippen LogP contribution >= 0.6 is 0 Å². The Hall–Kier alpha value is -1.57. The van der Waals surface area contributed by atoms with E-state index in [1.54, 1.807) is 0 Å². The minimum absolute atomic E-state index is 0.111. The Labute approximate surface area is 127 Å². The third kappa shape index (κ3) is 2.12. The van der Waals surface area contributed by atoms with Crippen LogP contribution in [0.4, 0.5) is 0 Å². The van der Waals surface area contributed by atoms with Gasteiger partial charge in [-0.05, 0) is 43.1 Å². The fraction of sp³-hybridized carbons (Fsp3) is 0.526. The largest absolute Gasteiger partial charge is 0.351 e. The third-order valence-corrected chi connectivity index (χ3v) is 5.90. The van der Waals surface area contributed by atoms with E-state index in [9.17, 15) is 4.79 Å². The molecular formula is C19H25NO. The first kappa shape index (κ1) is 14.4. The lowest BCUT2D eigenvalue weighted by molar-refractivity contribution is -0.128. The predicted molar refractivity (Wildman–Crippen MR) is 85.7 cm³/mol. The molecule has 2 nitrogen and oxygen atoms in total. The van der Waals surface area contributed by atoms with Crippen molar-refractivity contribution in [3.8, 4) is 0 Å². The minimum atomic E-state index is -0.307. The van der Waals surface area contributed by atoms with Crippen LogP contribution in [0.25, 0.3) is 0 Å². The third-order valence-electron chi connectivity index (χ3n) is 5.90. The van der Waals surface area contributed by atoms with Gasteiger partial charge in [0.2, 0.25) is 5.91 Å². The van der Waals surface area contributed by atoms with Crippen LogP contribution in [0.5, 0.6) is 0 Å². The highest BCUT2D eigenvalue weighted by Gasteiger charge is 2.60. The molecule has 2 saturated carbocycles. The van der Waals surface area contributed by atoms with E-state index in [0.29, 0.717) is 12.5 Å². The maximum atomic E-state index is 12.8. The van der Waals surface area contributed by atoms with Crippen molar-refractivity contribution >= 4 is 5.91 Å². The molecule has 1 N–H and O–H groups in total. The second kappa shape index (κ2) is 4.72. The van der Waals surface area contributed by atoms with Gasteiger partial charge in [0.25, 0.3) is 0 Å². The van der Waals surface area contributed by atoms with Crippen LogP contribution in [0.3, 0.4) is 0 Å². The van der Waals surface area contributed by atoms with Crippen molar-refractivity contribution in [1.29, 1.82) is 0 Å². The highest BCUT2D eigenvalue weighted by atomic mass is 16.2. The van der Waals surface area contributed by atoms with Gasteiger partial charge in [0.05, 0.1) is 5.41 Å². The van der Waals surface area contributed by atoms with E-state index < -0.39 is 0 Å². The minimum Gasteiger partial charge on any atom is -0.351 e. The Morgan fingerprint density at radius 2 is 2.00 bits per heavy atom. The Morgan fingerprint density at radius 1 is 1.33 bits per heavy atom. The fourth-order valence-electron chi connectivity index (χ4n) is 4.20. The first-order valence-corrected chi connectivity index (χ1v) is 7.90. The molecule has 0 aromatic heterocycles. The first-order chi connectivity index (χ1) is 9.86. The van der Waals surface area contributed by atoms with Crippen LogP contribution in [-0.2, 0) is 11.3 Å². The molecule has 1 aromatic carbocycles. The van der Waals surface area contributed by atoms with Crippen molar-refractivity contribution in [3.63, 3.8) is 0 Å². The first-order valence-electron chi connectivity index (χ1n) is 7.90. The van der Waals surface area contributed by atoms with E-state index in [0.717, 1.165) is 30.4 Å². The second-order valence-corrected chi connectivity index (χ2v) is 7.39. The van der Waals surface area contributed by atoms with E-state index in [-0.39, 0.29) is 16.7 Å². The summed E-state index contributed by atoms with van der Waals surface area (Å²) in [5, 5.41) is 3.15. The molecule has 3 rings (SSSR count). The molecule has 2 fully saturated rings. The summed E-state index contributed by atoms with van der Waals surface area (Å²) in [5.74, 6) is 0.802. The Morgan fingerprint density at radius 3 is 2.57 bits per heavy atom. The summed E-state index contributed by atoms with van der Waals surface area (Å²) in [4.78, 5) is 12.8. The van der Waals surface area contributed by atoms with Crippen molar-refractivity contribution in [2.75, 3.05) is 0 Å². The number of hydrogen-bond donors (Lipinski definition) is 1. The second-order valence-electron chi connectivity index (χ2n) is 7.39. The fourth-order valence-corrected chi connectivity index (χ4v) is 4.20. The lowest BCUT2D eigenvalue weighted by Crippen LogP contribution is -2.41. The van der Waals surface area contributed by atoms with E-state index >= 15 is 0 Å². The van der Waals surface area contributed by atoms with Crippen LogP contribution in [0.2, 0.25) is 0 Å². The molecule has 0 saturated heterocycles. The maximum absolute atomic E-state index is 12.8. The molecule has 0 heterocycles. The van der Waals surface area contributed by atoms with Crippen LogP contribution in [0.15, 0.2) is 36.4 Å². The smallest absolute Gasteiger partial charge is 0.230 e. The molecule has 2 heteroatoms. The Kier molecular flexibility index (Phi) is 3.23. The zero-order chi connectivity index (χ0) is 15.3. The number of benzene rings is 1. The van der Waals surface area contributed by atoms with E-state index in [1.807, 2.05) is 0 Å². The number of aryl methyl sites for hydroxylation is 1. The van der Waals surface area contributed by atoms with Gasteiger partial charge in [0.1, 0.15) is 0 Å². The quantitative estimate of drug-likeness (QED) is 0.835. The zero-order valence-electron chi connectivity index (χ0n) is 13.3. The van der Waals surface area contributed by atoms with Gasteiger partial charge < -0.3 is 5.32 Å². The highest BCUT2D eigenvalue weighted by Crippen LogP contribution is 2.65. The number of carbonyl (C=O) groups excluding carboxylic acids is 1. The number of hydrogen-bond acceptors (Lipinski definition) is 1. The highest BCUT2D eigenvalue weighted by molar-refractivity contribution is 5.87. The molecule has 2 atom stereocenters. The molecule has 2 aliphatic rings. The summed E-state index contributed by atoms with van der Waals surface area (Å²) in [7, 11) is 0. The Balaban J connectivity index is 1.71. The molecule has 0 aliphatic heterocycles. The molecule has 21 heavy (non-hydrogen) atoms. The number of fused-ring (bicyclic) bond motifs is 2. The Bertz CT molecular complexity index is 584. The van der Waals surface area contributed by atoms with E-state index in [4.69, 9.17) is 0 Å². The van der Waals surface area contributed by atoms with Gasteiger partial charge in [-0.1, -0.05) is 55.8 Å². The normalized spacial score (nSPS) is 29.7.